The lowest BCUT2D eigenvalue weighted by Gasteiger charge is -2.25. The Labute approximate surface area is 289 Å². The first-order chi connectivity index (χ1) is 23.7. The van der Waals surface area contributed by atoms with Crippen LogP contribution in [0.15, 0.2) is 103 Å². The van der Waals surface area contributed by atoms with E-state index in [0.717, 1.165) is 11.1 Å². The molecule has 5 N–H and O–H groups in total. The number of halogens is 3. The van der Waals surface area contributed by atoms with Gasteiger partial charge in [0.15, 0.2) is 0 Å². The Kier molecular flexibility index (Phi) is 13.0. The van der Waals surface area contributed by atoms with E-state index in [1.54, 1.807) is 25.1 Å². The maximum Gasteiger partial charge on any atom is 0.573 e. The Balaban J connectivity index is 1.54. The molecule has 0 aliphatic heterocycles. The minimum absolute atomic E-state index is 0.00979. The fourth-order valence-electron chi connectivity index (χ4n) is 5.07. The number of alkyl halides is 3. The van der Waals surface area contributed by atoms with Gasteiger partial charge >= 0.3 is 6.36 Å². The van der Waals surface area contributed by atoms with Gasteiger partial charge in [0.1, 0.15) is 5.75 Å². The van der Waals surface area contributed by atoms with E-state index < -0.39 is 46.4 Å². The normalized spacial score (nSPS) is 13.5. The van der Waals surface area contributed by atoms with Crippen LogP contribution in [0.3, 0.4) is 0 Å². The molecule has 0 heterocycles. The standard InChI is InChI=1S/C36H39F3N4O6S/c1-3-50(47,48)43-30-20-28(34(45)41-24(2)27-14-8-5-9-15-27)19-29(21-30)35(46)42-32(18-25-11-6-4-7-12-25)33(44)23-40-22-26-13-10-16-31(17-26)49-36(37,38)39/h4-17,19-21,24,32-33,40,43-44H,3,18,22-23H2,1-2H3,(H,41,45)(H,42,46)/t24-,32+,33-/m1/s1. The van der Waals surface area contributed by atoms with Crippen LogP contribution >= 0.6 is 0 Å². The van der Waals surface area contributed by atoms with Crippen molar-refractivity contribution in [1.29, 1.82) is 0 Å². The molecule has 50 heavy (non-hydrogen) atoms. The molecule has 0 fully saturated rings. The highest BCUT2D eigenvalue weighted by molar-refractivity contribution is 7.92. The molecule has 0 saturated heterocycles. The highest BCUT2D eigenvalue weighted by Crippen LogP contribution is 2.24. The number of carbonyl (C=O) groups is 2. The summed E-state index contributed by atoms with van der Waals surface area (Å²) in [4.78, 5) is 27.1. The summed E-state index contributed by atoms with van der Waals surface area (Å²) in [5, 5.41) is 19.9. The fourth-order valence-corrected chi connectivity index (χ4v) is 5.69. The van der Waals surface area contributed by atoms with Crippen molar-refractivity contribution in [3.8, 4) is 5.75 Å². The zero-order chi connectivity index (χ0) is 36.3. The Morgan fingerprint density at radius 2 is 1.42 bits per heavy atom. The zero-order valence-corrected chi connectivity index (χ0v) is 28.2. The van der Waals surface area contributed by atoms with E-state index in [-0.39, 0.29) is 47.8 Å². The molecule has 2 amide bonds. The van der Waals surface area contributed by atoms with Crippen LogP contribution in [-0.2, 0) is 23.0 Å². The van der Waals surface area contributed by atoms with Crippen LogP contribution in [0.5, 0.6) is 5.75 Å². The molecule has 0 aromatic heterocycles. The van der Waals surface area contributed by atoms with Crippen molar-refractivity contribution in [1.82, 2.24) is 16.0 Å². The molecular formula is C36H39F3N4O6S. The van der Waals surface area contributed by atoms with E-state index in [0.29, 0.717) is 5.56 Å². The highest BCUT2D eigenvalue weighted by Gasteiger charge is 2.31. The monoisotopic (exact) mass is 712 g/mol. The van der Waals surface area contributed by atoms with E-state index >= 15 is 0 Å². The van der Waals surface area contributed by atoms with Crippen LogP contribution in [0.2, 0.25) is 0 Å². The minimum Gasteiger partial charge on any atom is -0.406 e. The molecule has 0 saturated carbocycles. The number of hydrogen-bond donors (Lipinski definition) is 5. The number of aliphatic hydroxyl groups excluding tert-OH is 1. The first-order valence-corrected chi connectivity index (χ1v) is 17.5. The van der Waals surface area contributed by atoms with Crippen molar-refractivity contribution >= 4 is 27.5 Å². The highest BCUT2D eigenvalue weighted by atomic mass is 32.2. The lowest BCUT2D eigenvalue weighted by molar-refractivity contribution is -0.274. The summed E-state index contributed by atoms with van der Waals surface area (Å²) in [6.45, 7) is 3.28. The van der Waals surface area contributed by atoms with Crippen molar-refractivity contribution in [2.24, 2.45) is 0 Å². The predicted octanol–water partition coefficient (Wildman–Crippen LogP) is 5.33. The number of carbonyl (C=O) groups excluding carboxylic acids is 2. The maximum atomic E-state index is 13.7. The Morgan fingerprint density at radius 3 is 2.04 bits per heavy atom. The van der Waals surface area contributed by atoms with Crippen LogP contribution in [0.4, 0.5) is 18.9 Å². The minimum atomic E-state index is -4.84. The van der Waals surface area contributed by atoms with Crippen LogP contribution in [0.1, 0.15) is 57.3 Å². The van der Waals surface area contributed by atoms with Gasteiger partial charge in [0.2, 0.25) is 10.0 Å². The van der Waals surface area contributed by atoms with Gasteiger partial charge in [-0.05, 0) is 67.3 Å². The van der Waals surface area contributed by atoms with Gasteiger partial charge in [-0.25, -0.2) is 8.42 Å². The summed E-state index contributed by atoms with van der Waals surface area (Å²) < 4.78 is 69.2. The van der Waals surface area contributed by atoms with Crippen molar-refractivity contribution in [3.05, 3.63) is 131 Å². The lowest BCUT2D eigenvalue weighted by Crippen LogP contribution is -2.48. The van der Waals surface area contributed by atoms with Gasteiger partial charge in [0.05, 0.1) is 29.6 Å². The molecule has 4 rings (SSSR count). The maximum absolute atomic E-state index is 13.7. The number of anilines is 1. The molecule has 14 heteroatoms. The number of ether oxygens (including phenoxy) is 1. The average Bonchev–Trinajstić information content (AvgIpc) is 3.07. The second-order valence-electron chi connectivity index (χ2n) is 11.6. The Hall–Kier alpha value is -4.92. The summed E-state index contributed by atoms with van der Waals surface area (Å²) in [5.41, 5.74) is 2.13. The van der Waals surface area contributed by atoms with Crippen molar-refractivity contribution in [2.75, 3.05) is 17.0 Å². The first-order valence-electron chi connectivity index (χ1n) is 15.8. The van der Waals surface area contributed by atoms with E-state index in [1.807, 2.05) is 48.5 Å². The summed E-state index contributed by atoms with van der Waals surface area (Å²) in [7, 11) is -3.77. The van der Waals surface area contributed by atoms with Gasteiger partial charge < -0.3 is 25.8 Å². The van der Waals surface area contributed by atoms with Gasteiger partial charge in [0.25, 0.3) is 11.8 Å². The SMILES string of the molecule is CCS(=O)(=O)Nc1cc(C(=O)N[C@@H](Cc2ccccc2)[C@H](O)CNCc2cccc(OC(F)(F)F)c2)cc(C(=O)N[C@H](C)c2ccccc2)c1. The van der Waals surface area contributed by atoms with Crippen LogP contribution in [-0.4, -0.2) is 56.1 Å². The summed E-state index contributed by atoms with van der Waals surface area (Å²) in [6.07, 6.45) is -5.81. The van der Waals surface area contributed by atoms with Crippen molar-refractivity contribution in [2.45, 2.75) is 51.4 Å². The zero-order valence-electron chi connectivity index (χ0n) is 27.4. The largest absolute Gasteiger partial charge is 0.573 e. The van der Waals surface area contributed by atoms with E-state index in [4.69, 9.17) is 0 Å². The molecule has 4 aromatic rings. The molecule has 0 radical (unpaired) electrons. The number of rotatable bonds is 16. The number of aliphatic hydroxyl groups is 1. The predicted molar refractivity (Wildman–Crippen MR) is 184 cm³/mol. The number of sulfonamides is 1. The third-order valence-corrected chi connectivity index (χ3v) is 8.96. The Bertz CT molecular complexity index is 1840. The summed E-state index contributed by atoms with van der Waals surface area (Å²) in [6, 6.07) is 26.4. The van der Waals surface area contributed by atoms with E-state index in [2.05, 4.69) is 25.4 Å². The van der Waals surface area contributed by atoms with Crippen LogP contribution < -0.4 is 25.4 Å². The van der Waals surface area contributed by atoms with Crippen molar-refractivity contribution < 1.29 is 41.0 Å². The Morgan fingerprint density at radius 1 is 0.820 bits per heavy atom. The number of benzene rings is 4. The number of amides is 2. The molecular weight excluding hydrogens is 673 g/mol. The molecule has 0 aliphatic rings. The lowest BCUT2D eigenvalue weighted by atomic mass is 10.00. The molecule has 10 nitrogen and oxygen atoms in total. The topological polar surface area (TPSA) is 146 Å². The average molecular weight is 713 g/mol. The van der Waals surface area contributed by atoms with Gasteiger partial charge in [-0.1, -0.05) is 72.8 Å². The van der Waals surface area contributed by atoms with E-state index in [9.17, 15) is 36.3 Å². The van der Waals surface area contributed by atoms with E-state index in [1.165, 1.54) is 43.3 Å². The van der Waals surface area contributed by atoms with Gasteiger partial charge in [0, 0.05) is 24.2 Å². The molecule has 0 bridgehead atoms. The third-order valence-electron chi connectivity index (χ3n) is 7.65. The second-order valence-corrected chi connectivity index (χ2v) is 13.6. The number of nitrogens with one attached hydrogen (secondary N) is 4. The molecule has 3 atom stereocenters. The smallest absolute Gasteiger partial charge is 0.406 e. The molecule has 0 spiro atoms. The van der Waals surface area contributed by atoms with Crippen molar-refractivity contribution in [3.63, 3.8) is 0 Å². The van der Waals surface area contributed by atoms with Gasteiger partial charge in [-0.2, -0.15) is 0 Å². The molecule has 0 unspecified atom stereocenters. The van der Waals surface area contributed by atoms with Crippen LogP contribution in [0, 0.1) is 0 Å². The molecule has 4 aromatic carbocycles. The van der Waals surface area contributed by atoms with Gasteiger partial charge in [-0.3, -0.25) is 14.3 Å². The molecule has 266 valence electrons. The summed E-state index contributed by atoms with van der Waals surface area (Å²) >= 11 is 0. The first kappa shape index (κ1) is 37.9. The number of hydrogen-bond acceptors (Lipinski definition) is 7. The van der Waals surface area contributed by atoms with Gasteiger partial charge in [-0.15, -0.1) is 13.2 Å². The quantitative estimate of drug-likeness (QED) is 0.106. The molecule has 0 aliphatic carbocycles. The second kappa shape index (κ2) is 17.1. The fraction of sp³-hybridized carbons (Fsp3) is 0.278. The van der Waals surface area contributed by atoms with Crippen LogP contribution in [0.25, 0.3) is 0 Å². The third kappa shape index (κ3) is 11.9. The summed E-state index contributed by atoms with van der Waals surface area (Å²) in [5.74, 6) is -1.83.